The summed E-state index contributed by atoms with van der Waals surface area (Å²) in [5.41, 5.74) is 10.9. The van der Waals surface area contributed by atoms with Crippen molar-refractivity contribution in [1.29, 1.82) is 0 Å². The molecule has 0 radical (unpaired) electrons. The molecule has 0 aliphatic rings. The third-order valence-corrected chi connectivity index (χ3v) is 7.70. The summed E-state index contributed by atoms with van der Waals surface area (Å²) in [4.78, 5) is 4.97. The Balaban J connectivity index is 1.57. The van der Waals surface area contributed by atoms with E-state index in [2.05, 4.69) is 115 Å². The third-order valence-electron chi connectivity index (χ3n) is 7.70. The Hall–Kier alpha value is -5.47. The van der Waals surface area contributed by atoms with Crippen molar-refractivity contribution >= 4 is 29.0 Å². The van der Waals surface area contributed by atoms with Gasteiger partial charge in [0.15, 0.2) is 0 Å². The van der Waals surface area contributed by atoms with Gasteiger partial charge in [0.2, 0.25) is 0 Å². The molecule has 6 rings (SSSR count). The highest BCUT2D eigenvalue weighted by molar-refractivity contribution is 6.11. The molecule has 0 saturated carbocycles. The van der Waals surface area contributed by atoms with Crippen LogP contribution >= 0.6 is 0 Å². The van der Waals surface area contributed by atoms with Crippen LogP contribution in [0.5, 0.6) is 0 Å². The molecule has 0 saturated heterocycles. The maximum absolute atomic E-state index is 4.97. The molecule has 0 atom stereocenters. The van der Waals surface area contributed by atoms with Crippen LogP contribution in [0.25, 0.3) is 68.3 Å². The summed E-state index contributed by atoms with van der Waals surface area (Å²) in [6.45, 7) is 14.4. The number of nitrogens with zero attached hydrogens (tertiary/aromatic N) is 2. The molecule has 6 aromatic rings. The first-order valence-electron chi connectivity index (χ1n) is 14.1. The molecule has 202 valence electrons. The minimum Gasteiger partial charge on any atom is -0.293 e. The maximum atomic E-state index is 4.97. The first-order chi connectivity index (χ1) is 20.7. The van der Waals surface area contributed by atoms with E-state index < -0.39 is 0 Å². The highest BCUT2D eigenvalue weighted by Crippen LogP contribution is 2.43. The van der Waals surface area contributed by atoms with E-state index in [1.54, 1.807) is 6.08 Å². The molecule has 1 aromatic heterocycles. The second-order valence-corrected chi connectivity index (χ2v) is 10.1. The van der Waals surface area contributed by atoms with E-state index in [4.69, 9.17) is 4.98 Å². The topological polar surface area (TPSA) is 17.8 Å². The number of aryl methyl sites for hydroxylation is 1. The van der Waals surface area contributed by atoms with Crippen molar-refractivity contribution in [3.8, 4) is 39.3 Å². The fourth-order valence-corrected chi connectivity index (χ4v) is 5.85. The number of imidazole rings is 1. The van der Waals surface area contributed by atoms with E-state index in [0.717, 1.165) is 56.3 Å². The van der Waals surface area contributed by atoms with Gasteiger partial charge in [0, 0.05) is 11.3 Å². The number of fused-ring (bicyclic) bond motifs is 1. The Labute approximate surface area is 248 Å². The van der Waals surface area contributed by atoms with E-state index in [-0.39, 0.29) is 0 Å². The molecule has 2 heteroatoms. The van der Waals surface area contributed by atoms with Gasteiger partial charge in [-0.2, -0.15) is 0 Å². The van der Waals surface area contributed by atoms with Gasteiger partial charge in [-0.05, 0) is 69.3 Å². The molecule has 0 amide bonds. The van der Waals surface area contributed by atoms with E-state index in [0.29, 0.717) is 0 Å². The van der Waals surface area contributed by atoms with Crippen molar-refractivity contribution in [2.24, 2.45) is 0 Å². The minimum absolute atomic E-state index is 0.906. The van der Waals surface area contributed by atoms with Crippen molar-refractivity contribution in [1.82, 2.24) is 9.55 Å². The van der Waals surface area contributed by atoms with E-state index in [1.165, 1.54) is 16.3 Å². The SMILES string of the molecule is C=C/C=C\c1c(C)nc(-c2ccccc2)n1-c1ccc(-c2c(C=C)c(C=C)c(-c3ccccc3)c3ccccc23)cc1. The lowest BCUT2D eigenvalue weighted by molar-refractivity contribution is 1.05. The Kier molecular flexibility index (Phi) is 7.36. The molecule has 0 bridgehead atoms. The molecule has 42 heavy (non-hydrogen) atoms. The highest BCUT2D eigenvalue weighted by atomic mass is 15.1. The van der Waals surface area contributed by atoms with Gasteiger partial charge < -0.3 is 0 Å². The van der Waals surface area contributed by atoms with Crippen molar-refractivity contribution in [2.75, 3.05) is 0 Å². The predicted molar refractivity (Wildman–Crippen MR) is 182 cm³/mol. The average Bonchev–Trinajstić information content (AvgIpc) is 3.38. The van der Waals surface area contributed by atoms with Gasteiger partial charge in [0.05, 0.1) is 11.4 Å². The third kappa shape index (κ3) is 4.63. The summed E-state index contributed by atoms with van der Waals surface area (Å²) in [6, 6.07) is 38.2. The Morgan fingerprint density at radius 1 is 0.595 bits per heavy atom. The molecule has 0 fully saturated rings. The molecule has 0 aliphatic carbocycles. The van der Waals surface area contributed by atoms with E-state index in [9.17, 15) is 0 Å². The van der Waals surface area contributed by atoms with Crippen LogP contribution in [-0.4, -0.2) is 9.55 Å². The number of aromatic nitrogens is 2. The second kappa shape index (κ2) is 11.6. The van der Waals surface area contributed by atoms with Gasteiger partial charge in [0.25, 0.3) is 0 Å². The van der Waals surface area contributed by atoms with Crippen LogP contribution in [0, 0.1) is 6.92 Å². The Bertz CT molecular complexity index is 1950. The van der Waals surface area contributed by atoms with Crippen LogP contribution in [0.2, 0.25) is 0 Å². The van der Waals surface area contributed by atoms with Crippen LogP contribution in [-0.2, 0) is 0 Å². The van der Waals surface area contributed by atoms with Gasteiger partial charge >= 0.3 is 0 Å². The Morgan fingerprint density at radius 3 is 1.62 bits per heavy atom. The lowest BCUT2D eigenvalue weighted by atomic mass is 9.83. The molecule has 0 unspecified atom stereocenters. The summed E-state index contributed by atoms with van der Waals surface area (Å²) >= 11 is 0. The second-order valence-electron chi connectivity index (χ2n) is 10.1. The predicted octanol–water partition coefficient (Wildman–Crippen LogP) is 10.8. The summed E-state index contributed by atoms with van der Waals surface area (Å²) < 4.78 is 2.22. The molecule has 1 heterocycles. The van der Waals surface area contributed by atoms with Crippen LogP contribution in [0.15, 0.2) is 141 Å². The monoisotopic (exact) mass is 540 g/mol. The zero-order valence-corrected chi connectivity index (χ0v) is 23.8. The molecule has 5 aromatic carbocycles. The lowest BCUT2D eigenvalue weighted by Crippen LogP contribution is -2.00. The van der Waals surface area contributed by atoms with Crippen molar-refractivity contribution in [3.63, 3.8) is 0 Å². The van der Waals surface area contributed by atoms with Gasteiger partial charge in [0.1, 0.15) is 5.82 Å². The fraction of sp³-hybridized carbons (Fsp3) is 0.0250. The van der Waals surface area contributed by atoms with E-state index >= 15 is 0 Å². The van der Waals surface area contributed by atoms with Gasteiger partial charge in [-0.15, -0.1) is 0 Å². The molecular weight excluding hydrogens is 508 g/mol. The molecule has 0 spiro atoms. The molecular formula is C40H32N2. The fourth-order valence-electron chi connectivity index (χ4n) is 5.85. The largest absolute Gasteiger partial charge is 0.293 e. The minimum atomic E-state index is 0.906. The highest BCUT2D eigenvalue weighted by Gasteiger charge is 2.20. The normalized spacial score (nSPS) is 11.2. The van der Waals surface area contributed by atoms with Gasteiger partial charge in [-0.25, -0.2) is 4.98 Å². The number of hydrogen-bond donors (Lipinski definition) is 0. The lowest BCUT2D eigenvalue weighted by Gasteiger charge is -2.20. The average molecular weight is 541 g/mol. The molecule has 2 nitrogen and oxygen atoms in total. The number of rotatable bonds is 8. The Morgan fingerprint density at radius 2 is 1.10 bits per heavy atom. The summed E-state index contributed by atoms with van der Waals surface area (Å²) in [5.74, 6) is 0.906. The van der Waals surface area contributed by atoms with Crippen molar-refractivity contribution in [3.05, 3.63) is 164 Å². The van der Waals surface area contributed by atoms with Crippen LogP contribution < -0.4 is 0 Å². The summed E-state index contributed by atoms with van der Waals surface area (Å²) in [5, 5.41) is 2.37. The number of benzene rings is 5. The van der Waals surface area contributed by atoms with Crippen LogP contribution in [0.4, 0.5) is 0 Å². The molecule has 0 N–H and O–H groups in total. The van der Waals surface area contributed by atoms with Gasteiger partial charge in [-0.3, -0.25) is 4.57 Å². The standard InChI is InChI=1S/C40H32N2/c1-5-8-23-37-28(4)41-40(31-19-13-10-14-20-31)42(37)32-26-24-30(25-27-32)39-34(7-3)33(6-2)38(29-17-11-9-12-18-29)35-21-15-16-22-36(35)39/h5-27H,1-3H2,4H3/b23-8-. The van der Waals surface area contributed by atoms with Crippen LogP contribution in [0.3, 0.4) is 0 Å². The van der Waals surface area contributed by atoms with Crippen molar-refractivity contribution < 1.29 is 0 Å². The zero-order chi connectivity index (χ0) is 29.1. The number of allylic oxidation sites excluding steroid dienone is 2. The molecule has 0 aliphatic heterocycles. The summed E-state index contributed by atoms with van der Waals surface area (Å²) in [7, 11) is 0. The first kappa shape index (κ1) is 26.7. The van der Waals surface area contributed by atoms with Gasteiger partial charge in [-0.1, -0.05) is 141 Å². The quantitative estimate of drug-likeness (QED) is 0.176. The summed E-state index contributed by atoms with van der Waals surface area (Å²) in [6.07, 6.45) is 9.74. The first-order valence-corrected chi connectivity index (χ1v) is 14.1. The smallest absolute Gasteiger partial charge is 0.145 e. The van der Waals surface area contributed by atoms with Crippen LogP contribution in [0.1, 0.15) is 22.5 Å². The van der Waals surface area contributed by atoms with E-state index in [1.807, 2.05) is 49.4 Å². The maximum Gasteiger partial charge on any atom is 0.145 e. The van der Waals surface area contributed by atoms with Crippen molar-refractivity contribution in [2.45, 2.75) is 6.92 Å². The zero-order valence-electron chi connectivity index (χ0n) is 23.8. The number of hydrogen-bond acceptors (Lipinski definition) is 1.